The lowest BCUT2D eigenvalue weighted by atomic mass is 9.99. The molecular weight excluding hydrogens is 360 g/mol. The number of nitrogens with zero attached hydrogens (tertiary/aromatic N) is 2. The highest BCUT2D eigenvalue weighted by Crippen LogP contribution is 2.35. The Morgan fingerprint density at radius 2 is 2.04 bits per heavy atom. The number of pyridine rings is 1. The van der Waals surface area contributed by atoms with Crippen molar-refractivity contribution in [3.8, 4) is 11.8 Å². The highest BCUT2D eigenvalue weighted by Gasteiger charge is 2.38. The summed E-state index contributed by atoms with van der Waals surface area (Å²) in [5.74, 6) is -0.247. The molecule has 2 N–H and O–H groups in total. The molecule has 2 amide bonds. The van der Waals surface area contributed by atoms with E-state index >= 15 is 0 Å². The minimum atomic E-state index is -1.10. The zero-order valence-corrected chi connectivity index (χ0v) is 15.7. The number of nitrogens with one attached hydrogen (secondary N) is 2. The van der Waals surface area contributed by atoms with Gasteiger partial charge >= 0.3 is 6.09 Å². The van der Waals surface area contributed by atoms with Crippen molar-refractivity contribution in [3.05, 3.63) is 53.9 Å². The van der Waals surface area contributed by atoms with E-state index in [4.69, 9.17) is 9.47 Å². The molecule has 2 aromatic rings. The Morgan fingerprint density at radius 3 is 2.68 bits per heavy atom. The Morgan fingerprint density at radius 1 is 1.32 bits per heavy atom. The zero-order chi connectivity index (χ0) is 20.3. The van der Waals surface area contributed by atoms with Gasteiger partial charge in [-0.05, 0) is 26.3 Å². The predicted molar refractivity (Wildman–Crippen MR) is 101 cm³/mol. The summed E-state index contributed by atoms with van der Waals surface area (Å²) in [7, 11) is 0. The van der Waals surface area contributed by atoms with Crippen LogP contribution in [0.5, 0.6) is 5.75 Å². The van der Waals surface area contributed by atoms with Gasteiger partial charge in [-0.15, -0.1) is 0 Å². The summed E-state index contributed by atoms with van der Waals surface area (Å²) in [6, 6.07) is 10.1. The van der Waals surface area contributed by atoms with E-state index in [1.807, 2.05) is 12.1 Å². The lowest BCUT2D eigenvalue weighted by Gasteiger charge is -2.32. The molecule has 1 aliphatic heterocycles. The van der Waals surface area contributed by atoms with Gasteiger partial charge in [0, 0.05) is 6.20 Å². The van der Waals surface area contributed by atoms with Crippen molar-refractivity contribution in [1.82, 2.24) is 10.3 Å². The van der Waals surface area contributed by atoms with Gasteiger partial charge in [0.1, 0.15) is 29.0 Å². The second kappa shape index (κ2) is 7.56. The van der Waals surface area contributed by atoms with E-state index in [2.05, 4.69) is 15.6 Å². The summed E-state index contributed by atoms with van der Waals surface area (Å²) < 4.78 is 11.2. The summed E-state index contributed by atoms with van der Waals surface area (Å²) in [5.41, 5.74) is 0.452. The number of benzene rings is 1. The lowest BCUT2D eigenvalue weighted by Crippen LogP contribution is -2.49. The quantitative estimate of drug-likeness (QED) is 0.846. The summed E-state index contributed by atoms with van der Waals surface area (Å²) in [4.78, 5) is 29.0. The van der Waals surface area contributed by atoms with Crippen LogP contribution in [-0.4, -0.2) is 28.7 Å². The van der Waals surface area contributed by atoms with Crippen molar-refractivity contribution in [1.29, 1.82) is 5.26 Å². The molecule has 144 valence electrons. The number of carbonyl (C=O) groups excluding carboxylic acids is 2. The Bertz CT molecular complexity index is 931. The molecule has 0 unspecified atom stereocenters. The van der Waals surface area contributed by atoms with Crippen LogP contribution in [0, 0.1) is 11.3 Å². The number of amides is 2. The number of nitriles is 1. The maximum Gasteiger partial charge on any atom is 0.408 e. The molecule has 3 rings (SSSR count). The minimum Gasteiger partial charge on any atom is -0.474 e. The molecule has 0 bridgehead atoms. The van der Waals surface area contributed by atoms with Gasteiger partial charge in [-0.1, -0.05) is 30.3 Å². The second-order valence-corrected chi connectivity index (χ2v) is 7.24. The first-order valence-corrected chi connectivity index (χ1v) is 8.68. The van der Waals surface area contributed by atoms with Crippen LogP contribution in [0.3, 0.4) is 0 Å². The van der Waals surface area contributed by atoms with E-state index in [1.54, 1.807) is 45.0 Å². The number of hydrogen-bond acceptors (Lipinski definition) is 6. The molecule has 0 fully saturated rings. The molecule has 28 heavy (non-hydrogen) atoms. The molecule has 2 atom stereocenters. The van der Waals surface area contributed by atoms with Crippen LogP contribution >= 0.6 is 0 Å². The zero-order valence-electron chi connectivity index (χ0n) is 15.7. The van der Waals surface area contributed by atoms with Crippen LogP contribution < -0.4 is 15.4 Å². The van der Waals surface area contributed by atoms with Crippen LogP contribution in [0.4, 0.5) is 10.5 Å². The maximum absolute atomic E-state index is 12.7. The first-order chi connectivity index (χ1) is 13.3. The summed E-state index contributed by atoms with van der Waals surface area (Å²) >= 11 is 0. The molecule has 0 radical (unpaired) electrons. The average molecular weight is 380 g/mol. The van der Waals surface area contributed by atoms with Crippen molar-refractivity contribution < 1.29 is 19.1 Å². The fourth-order valence-corrected chi connectivity index (χ4v) is 2.78. The fourth-order valence-electron chi connectivity index (χ4n) is 2.78. The van der Waals surface area contributed by atoms with Gasteiger partial charge in [-0.25, -0.2) is 4.79 Å². The average Bonchev–Trinajstić information content (AvgIpc) is 2.64. The summed E-state index contributed by atoms with van der Waals surface area (Å²) in [6.45, 7) is 5.24. The number of rotatable bonds is 3. The Kier molecular flexibility index (Phi) is 5.18. The van der Waals surface area contributed by atoms with Crippen molar-refractivity contribution in [3.63, 3.8) is 0 Å². The van der Waals surface area contributed by atoms with Crippen LogP contribution in [-0.2, 0) is 9.53 Å². The van der Waals surface area contributed by atoms with Gasteiger partial charge < -0.3 is 20.1 Å². The fraction of sp³-hybridized carbons (Fsp3) is 0.300. The minimum absolute atomic E-state index is 0.187. The van der Waals surface area contributed by atoms with Gasteiger partial charge in [0.25, 0.3) is 5.91 Å². The molecule has 8 heteroatoms. The van der Waals surface area contributed by atoms with Crippen LogP contribution in [0.15, 0.2) is 42.7 Å². The number of alkyl carbamates (subject to hydrolysis) is 1. The lowest BCUT2D eigenvalue weighted by molar-refractivity contribution is -0.124. The molecule has 0 saturated carbocycles. The highest BCUT2D eigenvalue weighted by atomic mass is 16.6. The molecule has 0 spiro atoms. The van der Waals surface area contributed by atoms with Crippen LogP contribution in [0.2, 0.25) is 0 Å². The molecule has 1 aromatic heterocycles. The van der Waals surface area contributed by atoms with Gasteiger partial charge in [-0.2, -0.15) is 5.26 Å². The summed E-state index contributed by atoms with van der Waals surface area (Å²) in [5, 5.41) is 14.7. The topological polar surface area (TPSA) is 113 Å². The van der Waals surface area contributed by atoms with Gasteiger partial charge in [0.05, 0.1) is 6.20 Å². The predicted octanol–water partition coefficient (Wildman–Crippen LogP) is 2.92. The maximum atomic E-state index is 12.7. The number of carbonyl (C=O) groups is 2. The van der Waals surface area contributed by atoms with E-state index in [9.17, 15) is 14.9 Å². The molecule has 8 nitrogen and oxygen atoms in total. The van der Waals surface area contributed by atoms with Crippen molar-refractivity contribution in [2.45, 2.75) is 38.5 Å². The van der Waals surface area contributed by atoms with E-state index in [1.165, 1.54) is 12.4 Å². The van der Waals surface area contributed by atoms with Crippen molar-refractivity contribution in [2.75, 3.05) is 5.32 Å². The van der Waals surface area contributed by atoms with E-state index in [0.717, 1.165) is 0 Å². The SMILES string of the molecule is CC(C)(C)OC(=O)N[C@H](c1ccccc1)[C@@H]1Oc2c(C#N)cncc2NC1=O. The number of ether oxygens (including phenoxy) is 2. The van der Waals surface area contributed by atoms with E-state index in [-0.39, 0.29) is 11.3 Å². The second-order valence-electron chi connectivity index (χ2n) is 7.24. The molecular formula is C20H20N4O4. The molecule has 1 aliphatic rings. The third-order valence-electron chi connectivity index (χ3n) is 3.91. The Labute approximate surface area is 162 Å². The normalized spacial score (nSPS) is 16.6. The van der Waals surface area contributed by atoms with Crippen LogP contribution in [0.1, 0.15) is 37.9 Å². The third kappa shape index (κ3) is 4.20. The Balaban J connectivity index is 1.95. The molecule has 0 saturated heterocycles. The van der Waals surface area contributed by atoms with Gasteiger partial charge in [0.2, 0.25) is 6.10 Å². The van der Waals surface area contributed by atoms with Crippen LogP contribution in [0.25, 0.3) is 0 Å². The largest absolute Gasteiger partial charge is 0.474 e. The molecule has 0 aliphatic carbocycles. The van der Waals surface area contributed by atoms with Crippen molar-refractivity contribution in [2.24, 2.45) is 0 Å². The number of anilines is 1. The highest BCUT2D eigenvalue weighted by molar-refractivity contribution is 5.99. The number of fused-ring (bicyclic) bond motifs is 1. The Hall–Kier alpha value is -3.60. The van der Waals surface area contributed by atoms with E-state index in [0.29, 0.717) is 11.3 Å². The smallest absolute Gasteiger partial charge is 0.408 e. The summed E-state index contributed by atoms with van der Waals surface area (Å²) in [6.07, 6.45) is 0.977. The van der Waals surface area contributed by atoms with Crippen molar-refractivity contribution >= 4 is 17.7 Å². The first kappa shape index (κ1) is 19.2. The van der Waals surface area contributed by atoms with E-state index < -0.39 is 29.7 Å². The van der Waals surface area contributed by atoms with Gasteiger partial charge in [-0.3, -0.25) is 9.78 Å². The monoisotopic (exact) mass is 380 g/mol. The van der Waals surface area contributed by atoms with Gasteiger partial charge in [0.15, 0.2) is 5.75 Å². The third-order valence-corrected chi connectivity index (χ3v) is 3.91. The number of aromatic nitrogens is 1. The molecule has 1 aromatic carbocycles. The molecule has 2 heterocycles. The first-order valence-electron chi connectivity index (χ1n) is 8.68. The number of hydrogen-bond donors (Lipinski definition) is 2. The standard InChI is InChI=1S/C20H20N4O4/c1-20(2,3)28-19(26)24-15(12-7-5-4-6-8-12)17-18(25)23-14-11-22-10-13(9-21)16(14)27-17/h4-8,10-11,15,17H,1-3H3,(H,23,25)(H,24,26)/t15-,17+/m1/s1.